The molecule has 1 aromatic rings. The molecule has 0 unspecified atom stereocenters. The lowest BCUT2D eigenvalue weighted by molar-refractivity contribution is -0.142. The monoisotopic (exact) mass is 1260 g/mol. The standard InChI is InChI=1S/C28H46N10O7.C27H50N10O7/c1-16(2)22(27(45)38(33)26(44)17-9-4-3-5-10-17)37-25(43)20(15-21(39)40)36-24(42)19(12-6-7-13-29)35-23(41)18(30)11-8-14-34-28(31)32;1-16(2)21(25(43)36-27(44)37-13-6-3-7-14-37)35-24(42)19(15-20(38)39)34-23(41)18(10-4-5-11-28)33-22(40)17(29)9-8-12-32-26(30)31/h3-5,9-10,16,18-20,22H,6-8,11-15,29-30,33H2,1-2H3,(H,35,41)(H,36,42)(H,37,43)(H,39,40)(H4,31,32,34);16-19,21H,3-15,28-29H2,1-2H3,(H,33,40)(H,34,41)(H,35,42)(H,38,39)(H4,30,31,32)(H,36,43,44)/t18-,19-,20-,22-;17-,18-,19-,21-/m00/s1. The van der Waals surface area contributed by atoms with E-state index in [1.165, 1.54) is 17.0 Å². The number of carbonyl (C=O) groups excluding carboxylic acids is 10. The van der Waals surface area contributed by atoms with Crippen LogP contribution in [0.1, 0.15) is 134 Å². The Hall–Kier alpha value is -8.60. The quantitative estimate of drug-likeness (QED) is 0.00745. The molecular formula is C55H96N20O14. The van der Waals surface area contributed by atoms with Crippen molar-refractivity contribution in [3.8, 4) is 0 Å². The molecule has 89 heavy (non-hydrogen) atoms. The molecule has 11 amide bonds. The Balaban J connectivity index is 0.000000890. The van der Waals surface area contributed by atoms with Gasteiger partial charge in [-0.15, -0.1) is 0 Å². The maximum atomic E-state index is 13.3. The second-order valence-corrected chi connectivity index (χ2v) is 21.8. The van der Waals surface area contributed by atoms with Crippen LogP contribution >= 0.6 is 0 Å². The largest absolute Gasteiger partial charge is 0.481 e. The molecule has 34 heteroatoms. The summed E-state index contributed by atoms with van der Waals surface area (Å²) >= 11 is 0. The summed E-state index contributed by atoms with van der Waals surface area (Å²) in [5.74, 6) is -5.68. The van der Waals surface area contributed by atoms with E-state index >= 15 is 0 Å². The third kappa shape index (κ3) is 31.2. The van der Waals surface area contributed by atoms with Gasteiger partial charge < -0.3 is 92.9 Å². The number of rotatable bonds is 37. The molecule has 0 spiro atoms. The Kier molecular flexibility index (Phi) is 37.3. The molecule has 2 rings (SSSR count). The molecule has 0 aliphatic carbocycles. The van der Waals surface area contributed by atoms with E-state index in [9.17, 15) is 67.7 Å². The molecule has 34 nitrogen and oxygen atoms in total. The lowest BCUT2D eigenvalue weighted by atomic mass is 10.0. The van der Waals surface area contributed by atoms with Gasteiger partial charge >= 0.3 is 18.0 Å². The number of imide groups is 2. The van der Waals surface area contributed by atoms with Crippen LogP contribution in [-0.2, 0) is 47.9 Å². The molecule has 1 aliphatic rings. The summed E-state index contributed by atoms with van der Waals surface area (Å²) in [6.45, 7) is 8.65. The summed E-state index contributed by atoms with van der Waals surface area (Å²) < 4.78 is 0. The number of hydrogen-bond donors (Lipinski definition) is 18. The van der Waals surface area contributed by atoms with Gasteiger partial charge in [0.15, 0.2) is 11.9 Å². The van der Waals surface area contributed by atoms with Crippen LogP contribution < -0.4 is 88.9 Å². The van der Waals surface area contributed by atoms with E-state index in [0.29, 0.717) is 69.7 Å². The Labute approximate surface area is 517 Å². The first kappa shape index (κ1) is 78.4. The average molecular weight is 1260 g/mol. The lowest BCUT2D eigenvalue weighted by Gasteiger charge is -2.29. The Morgan fingerprint density at radius 2 is 0.910 bits per heavy atom. The molecule has 27 N–H and O–H groups in total. The van der Waals surface area contributed by atoms with Gasteiger partial charge in [0.2, 0.25) is 35.4 Å². The molecule has 8 atom stereocenters. The third-order valence-corrected chi connectivity index (χ3v) is 13.6. The zero-order chi connectivity index (χ0) is 67.3. The van der Waals surface area contributed by atoms with Crippen LogP contribution in [0.2, 0.25) is 0 Å². The Bertz CT molecular complexity index is 2540. The van der Waals surface area contributed by atoms with E-state index in [-0.39, 0.29) is 56.3 Å². The molecule has 1 heterocycles. The van der Waals surface area contributed by atoms with Crippen molar-refractivity contribution in [3.63, 3.8) is 0 Å². The van der Waals surface area contributed by atoms with Crippen molar-refractivity contribution in [3.05, 3.63) is 35.9 Å². The number of nitrogens with two attached hydrogens (primary N) is 9. The number of amides is 11. The average Bonchev–Trinajstić information content (AvgIpc) is 1.62. The van der Waals surface area contributed by atoms with Crippen LogP contribution in [0.15, 0.2) is 40.3 Å². The van der Waals surface area contributed by atoms with E-state index in [1.807, 2.05) is 0 Å². The van der Waals surface area contributed by atoms with E-state index in [0.717, 1.165) is 19.3 Å². The summed E-state index contributed by atoms with van der Waals surface area (Å²) in [7, 11) is 0. The minimum atomic E-state index is -1.65. The highest BCUT2D eigenvalue weighted by Gasteiger charge is 2.37. The highest BCUT2D eigenvalue weighted by molar-refractivity contribution is 6.07. The smallest absolute Gasteiger partial charge is 0.324 e. The van der Waals surface area contributed by atoms with Crippen molar-refractivity contribution in [2.75, 3.05) is 39.3 Å². The second-order valence-electron chi connectivity index (χ2n) is 21.8. The van der Waals surface area contributed by atoms with E-state index in [1.54, 1.807) is 45.9 Å². The van der Waals surface area contributed by atoms with Gasteiger partial charge in [-0.3, -0.25) is 68.0 Å². The lowest BCUT2D eigenvalue weighted by Crippen LogP contribution is -2.60. The van der Waals surface area contributed by atoms with Gasteiger partial charge in [0.25, 0.3) is 17.7 Å². The molecule has 0 saturated carbocycles. The molecule has 1 fully saturated rings. The normalized spacial score (nSPS) is 14.6. The first-order valence-electron chi connectivity index (χ1n) is 29.5. The zero-order valence-corrected chi connectivity index (χ0v) is 51.3. The molecular weight excluding hydrogens is 1160 g/mol. The molecule has 0 radical (unpaired) electrons. The number of guanidine groups is 2. The number of carboxylic acids is 2. The van der Waals surface area contributed by atoms with Crippen molar-refractivity contribution in [1.82, 2.24) is 47.1 Å². The van der Waals surface area contributed by atoms with Gasteiger partial charge in [-0.25, -0.2) is 15.6 Å². The fourth-order valence-electron chi connectivity index (χ4n) is 8.58. The fraction of sp³-hybridized carbons (Fsp3) is 0.636. The van der Waals surface area contributed by atoms with Crippen molar-refractivity contribution >= 4 is 83.1 Å². The minimum Gasteiger partial charge on any atom is -0.481 e. The number of hydrogen-bond acceptors (Lipinski definition) is 19. The van der Waals surface area contributed by atoms with Gasteiger partial charge in [0.1, 0.15) is 36.3 Å². The van der Waals surface area contributed by atoms with Crippen LogP contribution in [0.5, 0.6) is 0 Å². The number of aliphatic carboxylic acids is 2. The van der Waals surface area contributed by atoms with Crippen molar-refractivity contribution in [1.29, 1.82) is 0 Å². The van der Waals surface area contributed by atoms with Crippen LogP contribution in [-0.4, -0.2) is 191 Å². The summed E-state index contributed by atoms with van der Waals surface area (Å²) in [6, 6.07) is -2.90. The van der Waals surface area contributed by atoms with Gasteiger partial charge in [0, 0.05) is 31.7 Å². The van der Waals surface area contributed by atoms with Crippen LogP contribution in [0.25, 0.3) is 0 Å². The molecule has 500 valence electrons. The third-order valence-electron chi connectivity index (χ3n) is 13.6. The number of aliphatic imine (C=N–C) groups is 2. The number of unbranched alkanes of at least 4 members (excludes halogenated alkanes) is 2. The number of carbonyl (C=O) groups is 12. The molecule has 1 aromatic carbocycles. The van der Waals surface area contributed by atoms with E-state index < -0.39 is 144 Å². The number of nitrogens with one attached hydrogen (secondary N) is 7. The molecule has 0 aromatic heterocycles. The minimum absolute atomic E-state index is 0.0918. The van der Waals surface area contributed by atoms with Crippen LogP contribution in [0.3, 0.4) is 0 Å². The van der Waals surface area contributed by atoms with Crippen molar-refractivity contribution < 1.29 is 67.7 Å². The van der Waals surface area contributed by atoms with Crippen LogP contribution in [0, 0.1) is 11.8 Å². The highest BCUT2D eigenvalue weighted by atomic mass is 16.4. The van der Waals surface area contributed by atoms with Gasteiger partial charge in [-0.2, -0.15) is 0 Å². The topological polar surface area (TPSA) is 595 Å². The number of nitrogens with zero attached hydrogens (tertiary/aromatic N) is 4. The first-order chi connectivity index (χ1) is 41.9. The maximum Gasteiger partial charge on any atom is 0.324 e. The zero-order valence-electron chi connectivity index (χ0n) is 51.3. The summed E-state index contributed by atoms with van der Waals surface area (Å²) in [5.41, 5.74) is 44.3. The number of benzene rings is 1. The van der Waals surface area contributed by atoms with Gasteiger partial charge in [0.05, 0.1) is 24.9 Å². The summed E-state index contributed by atoms with van der Waals surface area (Å²) in [4.78, 5) is 162. The first-order valence-corrected chi connectivity index (χ1v) is 29.5. The number of hydrazine groups is 1. The number of carboxylic acid groups (broad SMARTS) is 2. The van der Waals surface area contributed by atoms with E-state index in [4.69, 9.17) is 51.7 Å². The highest BCUT2D eigenvalue weighted by Crippen LogP contribution is 2.13. The van der Waals surface area contributed by atoms with Crippen LogP contribution in [0.4, 0.5) is 4.79 Å². The maximum absolute atomic E-state index is 13.3. The van der Waals surface area contributed by atoms with Crippen molar-refractivity contribution in [2.45, 2.75) is 172 Å². The predicted molar refractivity (Wildman–Crippen MR) is 328 cm³/mol. The second kappa shape index (κ2) is 42.3. The Morgan fingerprint density at radius 1 is 0.517 bits per heavy atom. The number of piperidine rings is 1. The van der Waals surface area contributed by atoms with E-state index in [2.05, 4.69) is 47.2 Å². The Morgan fingerprint density at radius 3 is 1.29 bits per heavy atom. The molecule has 1 aliphatic heterocycles. The number of likely N-dealkylation sites (tertiary alicyclic amines) is 1. The SMILES string of the molecule is CC(C)[C@H](NC(=O)[C@H](CC(=O)O)NC(=O)[C@H](CCCCN)NC(=O)[C@@H](N)CCCN=C(N)N)C(=O)N(N)C(=O)c1ccccc1.CC(C)[C@H](NC(=O)[C@H](CC(=O)O)NC(=O)[C@H](CCCCN)NC(=O)[C@@H](N)CCCN=C(N)N)C(=O)NC(=O)N1CCCCC1. The van der Waals surface area contributed by atoms with Crippen molar-refractivity contribution in [2.24, 2.45) is 73.5 Å². The fourth-order valence-corrected chi connectivity index (χ4v) is 8.58. The van der Waals surface area contributed by atoms with Gasteiger partial charge in [-0.05, 0) is 121 Å². The predicted octanol–water partition coefficient (Wildman–Crippen LogP) is -4.57. The number of urea groups is 1. The van der Waals surface area contributed by atoms with Gasteiger partial charge in [-0.1, -0.05) is 45.9 Å². The summed E-state index contributed by atoms with van der Waals surface area (Å²) in [6.07, 6.45) is 4.43. The molecule has 0 bridgehead atoms. The summed E-state index contributed by atoms with van der Waals surface area (Å²) in [5, 5.41) is 36.3. The molecule has 1 saturated heterocycles.